The third-order valence-electron chi connectivity index (χ3n) is 2.06. The van der Waals surface area contributed by atoms with Gasteiger partial charge in [0.2, 0.25) is 0 Å². The zero-order chi connectivity index (χ0) is 11.3. The monoisotopic (exact) mass is 225 g/mol. The Morgan fingerprint density at radius 2 is 2.33 bits per heavy atom. The summed E-state index contributed by atoms with van der Waals surface area (Å²) in [4.78, 5) is 0. The third kappa shape index (κ3) is 3.91. The van der Waals surface area contributed by atoms with E-state index >= 15 is 0 Å². The Kier molecular flexibility index (Phi) is 4.61. The van der Waals surface area contributed by atoms with E-state index in [2.05, 4.69) is 11.2 Å². The number of terminal acetylenes is 1. The molecule has 1 N–H and O–H groups in total. The van der Waals surface area contributed by atoms with Crippen LogP contribution in [0, 0.1) is 18.2 Å². The average molecular weight is 226 g/mol. The van der Waals surface area contributed by atoms with Crippen molar-refractivity contribution in [3.05, 3.63) is 34.6 Å². The van der Waals surface area contributed by atoms with Crippen LogP contribution < -0.4 is 5.32 Å². The normalized spacial score (nSPS) is 12.1. The van der Waals surface area contributed by atoms with Crippen molar-refractivity contribution in [2.24, 2.45) is 0 Å². The number of rotatable bonds is 4. The van der Waals surface area contributed by atoms with Gasteiger partial charge in [0.1, 0.15) is 5.82 Å². The first-order chi connectivity index (χ1) is 7.13. The van der Waals surface area contributed by atoms with E-state index in [-0.39, 0.29) is 16.9 Å². The van der Waals surface area contributed by atoms with Crippen molar-refractivity contribution in [1.29, 1.82) is 0 Å². The molecule has 1 aromatic rings. The molecule has 1 rings (SSSR count). The van der Waals surface area contributed by atoms with E-state index in [1.54, 1.807) is 12.1 Å². The van der Waals surface area contributed by atoms with E-state index in [9.17, 15) is 4.39 Å². The van der Waals surface area contributed by atoms with Gasteiger partial charge in [-0.1, -0.05) is 17.7 Å². The van der Waals surface area contributed by atoms with Crippen LogP contribution in [0.4, 0.5) is 4.39 Å². The third-order valence-corrected chi connectivity index (χ3v) is 2.37. The smallest absolute Gasteiger partial charge is 0.142 e. The topological polar surface area (TPSA) is 12.0 Å². The van der Waals surface area contributed by atoms with Gasteiger partial charge < -0.3 is 5.32 Å². The Labute approximate surface area is 94.6 Å². The largest absolute Gasteiger partial charge is 0.309 e. The fourth-order valence-electron chi connectivity index (χ4n) is 1.19. The molecule has 3 heteroatoms. The quantitative estimate of drug-likeness (QED) is 0.777. The summed E-state index contributed by atoms with van der Waals surface area (Å²) in [7, 11) is 0. The molecule has 0 saturated heterocycles. The summed E-state index contributed by atoms with van der Waals surface area (Å²) in [5.74, 6) is 2.18. The molecule has 0 aromatic heterocycles. The first kappa shape index (κ1) is 12.0. The molecule has 0 spiro atoms. The Balaban J connectivity index is 2.51. The van der Waals surface area contributed by atoms with Gasteiger partial charge in [0, 0.05) is 19.0 Å². The molecule has 0 heterocycles. The number of benzene rings is 1. The molecule has 0 radical (unpaired) electrons. The molecular weight excluding hydrogens is 213 g/mol. The molecule has 0 fully saturated rings. The van der Waals surface area contributed by atoms with Crippen molar-refractivity contribution in [3.8, 4) is 12.3 Å². The summed E-state index contributed by atoms with van der Waals surface area (Å²) in [6.07, 6.45) is 5.84. The molecule has 1 aromatic carbocycles. The van der Waals surface area contributed by atoms with Crippen LogP contribution in [0.1, 0.15) is 18.9 Å². The Morgan fingerprint density at radius 1 is 1.60 bits per heavy atom. The molecule has 1 atom stereocenters. The maximum atomic E-state index is 13.1. The van der Waals surface area contributed by atoms with E-state index < -0.39 is 0 Å². The van der Waals surface area contributed by atoms with Gasteiger partial charge >= 0.3 is 0 Å². The molecule has 1 unspecified atom stereocenters. The summed E-state index contributed by atoms with van der Waals surface area (Å²) in [6.45, 7) is 2.59. The molecule has 0 aliphatic rings. The average Bonchev–Trinajstić information content (AvgIpc) is 2.20. The van der Waals surface area contributed by atoms with E-state index in [0.717, 1.165) is 5.56 Å². The molecule has 0 bridgehead atoms. The number of nitrogens with one attached hydrogen (secondary N) is 1. The van der Waals surface area contributed by atoms with Crippen molar-refractivity contribution in [2.75, 3.05) is 0 Å². The fraction of sp³-hybridized carbons (Fsp3) is 0.333. The first-order valence-electron chi connectivity index (χ1n) is 4.74. The molecule has 0 amide bonds. The molecule has 0 saturated carbocycles. The predicted octanol–water partition coefficient (Wildman–Crippen LogP) is 2.98. The van der Waals surface area contributed by atoms with Gasteiger partial charge in [-0.15, -0.1) is 12.3 Å². The fourth-order valence-corrected chi connectivity index (χ4v) is 1.31. The van der Waals surface area contributed by atoms with Crippen LogP contribution >= 0.6 is 11.6 Å². The summed E-state index contributed by atoms with van der Waals surface area (Å²) in [5, 5.41) is 3.34. The lowest BCUT2D eigenvalue weighted by atomic mass is 10.2. The first-order valence-corrected chi connectivity index (χ1v) is 5.12. The van der Waals surface area contributed by atoms with Gasteiger partial charge in [0.25, 0.3) is 0 Å². The number of hydrogen-bond acceptors (Lipinski definition) is 1. The van der Waals surface area contributed by atoms with Gasteiger partial charge in [-0.25, -0.2) is 4.39 Å². The van der Waals surface area contributed by atoms with Crippen LogP contribution in [-0.4, -0.2) is 6.04 Å². The van der Waals surface area contributed by atoms with Crippen LogP contribution in [0.5, 0.6) is 0 Å². The maximum Gasteiger partial charge on any atom is 0.142 e. The molecular formula is C12H13ClFN. The highest BCUT2D eigenvalue weighted by molar-refractivity contribution is 6.30. The lowest BCUT2D eigenvalue weighted by Crippen LogP contribution is -2.24. The van der Waals surface area contributed by atoms with Gasteiger partial charge in [0.15, 0.2) is 0 Å². The van der Waals surface area contributed by atoms with Crippen LogP contribution in [0.2, 0.25) is 5.02 Å². The van der Waals surface area contributed by atoms with Gasteiger partial charge in [-0.2, -0.15) is 0 Å². The second-order valence-electron chi connectivity index (χ2n) is 3.44. The van der Waals surface area contributed by atoms with E-state index in [0.29, 0.717) is 13.0 Å². The molecule has 1 nitrogen and oxygen atoms in total. The Bertz CT molecular complexity index is 370. The number of halogens is 2. The van der Waals surface area contributed by atoms with Crippen molar-refractivity contribution in [3.63, 3.8) is 0 Å². The van der Waals surface area contributed by atoms with Crippen LogP contribution in [0.15, 0.2) is 18.2 Å². The summed E-state index contributed by atoms with van der Waals surface area (Å²) in [6, 6.07) is 5.01. The Morgan fingerprint density at radius 3 is 2.93 bits per heavy atom. The maximum absolute atomic E-state index is 13.1. The molecule has 0 aliphatic carbocycles. The summed E-state index contributed by atoms with van der Waals surface area (Å²) < 4.78 is 13.1. The van der Waals surface area contributed by atoms with Gasteiger partial charge in [-0.05, 0) is 24.6 Å². The van der Waals surface area contributed by atoms with Crippen LogP contribution in [-0.2, 0) is 6.54 Å². The van der Waals surface area contributed by atoms with Crippen molar-refractivity contribution in [1.82, 2.24) is 5.32 Å². The van der Waals surface area contributed by atoms with Crippen LogP contribution in [0.3, 0.4) is 0 Å². The van der Waals surface area contributed by atoms with Crippen LogP contribution in [0.25, 0.3) is 0 Å². The lowest BCUT2D eigenvalue weighted by molar-refractivity contribution is 0.555. The zero-order valence-electron chi connectivity index (χ0n) is 8.56. The minimum Gasteiger partial charge on any atom is -0.309 e. The second kappa shape index (κ2) is 5.75. The summed E-state index contributed by atoms with van der Waals surface area (Å²) >= 11 is 5.57. The summed E-state index contributed by atoms with van der Waals surface area (Å²) in [5.41, 5.74) is 0.862. The SMILES string of the molecule is C#CCC(C)NCc1ccc(Cl)c(F)c1. The minimum atomic E-state index is -0.388. The van der Waals surface area contributed by atoms with Crippen molar-refractivity contribution < 1.29 is 4.39 Å². The molecule has 80 valence electrons. The molecule has 0 aliphatic heterocycles. The van der Waals surface area contributed by atoms with E-state index in [1.165, 1.54) is 6.07 Å². The van der Waals surface area contributed by atoms with E-state index in [1.807, 2.05) is 6.92 Å². The lowest BCUT2D eigenvalue weighted by Gasteiger charge is -2.10. The zero-order valence-corrected chi connectivity index (χ0v) is 9.31. The highest BCUT2D eigenvalue weighted by Gasteiger charge is 2.02. The van der Waals surface area contributed by atoms with Gasteiger partial charge in [0.05, 0.1) is 5.02 Å². The second-order valence-corrected chi connectivity index (χ2v) is 3.85. The minimum absolute atomic E-state index is 0.149. The molecule has 15 heavy (non-hydrogen) atoms. The predicted molar refractivity (Wildman–Crippen MR) is 61.2 cm³/mol. The van der Waals surface area contributed by atoms with E-state index in [4.69, 9.17) is 18.0 Å². The van der Waals surface area contributed by atoms with Gasteiger partial charge in [-0.3, -0.25) is 0 Å². The highest BCUT2D eigenvalue weighted by atomic mass is 35.5. The standard InChI is InChI=1S/C12H13ClFN/c1-3-4-9(2)15-8-10-5-6-11(13)12(14)7-10/h1,5-7,9,15H,4,8H2,2H3. The number of hydrogen-bond donors (Lipinski definition) is 1. The Hall–Kier alpha value is -1.04. The van der Waals surface area contributed by atoms with Crippen molar-refractivity contribution >= 4 is 11.6 Å². The highest BCUT2D eigenvalue weighted by Crippen LogP contribution is 2.15. The van der Waals surface area contributed by atoms with Crippen molar-refractivity contribution in [2.45, 2.75) is 25.9 Å².